The first kappa shape index (κ1) is 15.1. The molecule has 0 saturated heterocycles. The Bertz CT molecular complexity index is 224. The van der Waals surface area contributed by atoms with Gasteiger partial charge in [-0.25, -0.2) is 0 Å². The first-order chi connectivity index (χ1) is 7.43. The Kier molecular flexibility index (Phi) is 7.85. The number of nitrogens with zero attached hydrogens (tertiary/aromatic N) is 2. The first-order valence-corrected chi connectivity index (χ1v) is 5.70. The molecule has 4 nitrogen and oxygen atoms in total. The summed E-state index contributed by atoms with van der Waals surface area (Å²) < 4.78 is 0. The van der Waals surface area contributed by atoms with Crippen molar-refractivity contribution in [3.63, 3.8) is 0 Å². The summed E-state index contributed by atoms with van der Waals surface area (Å²) >= 11 is 0. The summed E-state index contributed by atoms with van der Waals surface area (Å²) in [5.41, 5.74) is 0. The summed E-state index contributed by atoms with van der Waals surface area (Å²) in [7, 11) is 8.04. The molecule has 0 aliphatic rings. The van der Waals surface area contributed by atoms with E-state index in [1.54, 1.807) is 6.08 Å². The molecule has 1 unspecified atom stereocenters. The molecule has 0 fully saturated rings. The summed E-state index contributed by atoms with van der Waals surface area (Å²) in [6.45, 7) is 3.78. The molecule has 0 spiro atoms. The van der Waals surface area contributed by atoms with Crippen molar-refractivity contribution < 1.29 is 4.79 Å². The van der Waals surface area contributed by atoms with Gasteiger partial charge < -0.3 is 15.1 Å². The van der Waals surface area contributed by atoms with Gasteiger partial charge in [0.2, 0.25) is 5.91 Å². The minimum atomic E-state index is -0.00699. The van der Waals surface area contributed by atoms with Crippen LogP contribution >= 0.6 is 0 Å². The molecular formula is C12H25N3O. The van der Waals surface area contributed by atoms with Crippen molar-refractivity contribution in [1.29, 1.82) is 0 Å². The molecular weight excluding hydrogens is 202 g/mol. The lowest BCUT2D eigenvalue weighted by Crippen LogP contribution is -2.27. The predicted octanol–water partition coefficient (Wildman–Crippen LogP) is 0.561. The van der Waals surface area contributed by atoms with Crippen LogP contribution in [0.25, 0.3) is 0 Å². The number of carbonyl (C=O) groups is 1. The third-order valence-electron chi connectivity index (χ3n) is 2.42. The average molecular weight is 227 g/mol. The molecule has 0 aromatic rings. The summed E-state index contributed by atoms with van der Waals surface area (Å²) in [4.78, 5) is 15.5. The molecule has 0 bridgehead atoms. The van der Waals surface area contributed by atoms with Crippen LogP contribution in [0.4, 0.5) is 0 Å². The van der Waals surface area contributed by atoms with E-state index in [0.29, 0.717) is 0 Å². The lowest BCUT2D eigenvalue weighted by atomic mass is 10.3. The maximum Gasteiger partial charge on any atom is 0.243 e. The number of nitrogens with one attached hydrogen (secondary N) is 1. The van der Waals surface area contributed by atoms with E-state index in [4.69, 9.17) is 0 Å². The number of rotatable bonds is 7. The summed E-state index contributed by atoms with van der Waals surface area (Å²) in [6, 6.07) is 0.285. The van der Waals surface area contributed by atoms with Gasteiger partial charge in [0.25, 0.3) is 0 Å². The molecule has 94 valence electrons. The van der Waals surface area contributed by atoms with Crippen molar-refractivity contribution in [3.8, 4) is 0 Å². The molecule has 4 heteroatoms. The Labute approximate surface area is 99.3 Å². The van der Waals surface area contributed by atoms with Crippen molar-refractivity contribution in [3.05, 3.63) is 12.2 Å². The van der Waals surface area contributed by atoms with E-state index in [1.807, 2.05) is 34.3 Å². The van der Waals surface area contributed by atoms with Gasteiger partial charge in [-0.05, 0) is 48.1 Å². The summed E-state index contributed by atoms with van der Waals surface area (Å²) in [5.74, 6) is -0.00699. The number of amides is 1. The fourth-order valence-corrected chi connectivity index (χ4v) is 1.06. The second-order valence-electron chi connectivity index (χ2n) is 4.51. The topological polar surface area (TPSA) is 35.6 Å². The maximum atomic E-state index is 11.4. The van der Waals surface area contributed by atoms with Gasteiger partial charge in [-0.3, -0.25) is 4.79 Å². The summed E-state index contributed by atoms with van der Waals surface area (Å²) in [5, 5.41) is 2.86. The SMILES string of the molecule is CC(/C=C/C(=O)NCCCN(C)C)N(C)C. The van der Waals surface area contributed by atoms with Crippen molar-refractivity contribution >= 4 is 5.91 Å². The van der Waals surface area contributed by atoms with Crippen LogP contribution in [-0.2, 0) is 4.79 Å². The Hall–Kier alpha value is -0.870. The van der Waals surface area contributed by atoms with Crippen LogP contribution in [0.1, 0.15) is 13.3 Å². The predicted molar refractivity (Wildman–Crippen MR) is 68.5 cm³/mol. The normalized spacial score (nSPS) is 13.7. The zero-order valence-electron chi connectivity index (χ0n) is 11.2. The molecule has 0 saturated carbocycles. The van der Waals surface area contributed by atoms with Crippen molar-refractivity contribution in [2.24, 2.45) is 0 Å². The third kappa shape index (κ3) is 8.44. The monoisotopic (exact) mass is 227 g/mol. The lowest BCUT2D eigenvalue weighted by molar-refractivity contribution is -0.116. The van der Waals surface area contributed by atoms with Gasteiger partial charge >= 0.3 is 0 Å². The van der Waals surface area contributed by atoms with Gasteiger partial charge in [0, 0.05) is 18.7 Å². The largest absolute Gasteiger partial charge is 0.353 e. The van der Waals surface area contributed by atoms with E-state index >= 15 is 0 Å². The van der Waals surface area contributed by atoms with Crippen molar-refractivity contribution in [1.82, 2.24) is 15.1 Å². The van der Waals surface area contributed by atoms with Crippen LogP contribution in [0, 0.1) is 0 Å². The van der Waals surface area contributed by atoms with E-state index in [0.717, 1.165) is 19.5 Å². The molecule has 16 heavy (non-hydrogen) atoms. The second kappa shape index (κ2) is 8.30. The minimum Gasteiger partial charge on any atom is -0.353 e. The number of carbonyl (C=O) groups excluding carboxylic acids is 1. The summed E-state index contributed by atoms with van der Waals surface area (Å²) in [6.07, 6.45) is 4.50. The number of hydrogen-bond donors (Lipinski definition) is 1. The highest BCUT2D eigenvalue weighted by molar-refractivity contribution is 5.87. The van der Waals surface area contributed by atoms with Crippen molar-refractivity contribution in [2.75, 3.05) is 41.3 Å². The van der Waals surface area contributed by atoms with E-state index < -0.39 is 0 Å². The van der Waals surface area contributed by atoms with Crippen LogP contribution in [0.3, 0.4) is 0 Å². The average Bonchev–Trinajstić information content (AvgIpc) is 2.20. The highest BCUT2D eigenvalue weighted by Crippen LogP contribution is 1.92. The van der Waals surface area contributed by atoms with E-state index in [1.165, 1.54) is 0 Å². The smallest absolute Gasteiger partial charge is 0.243 e. The second-order valence-corrected chi connectivity index (χ2v) is 4.51. The van der Waals surface area contributed by atoms with Crippen LogP contribution in [0.2, 0.25) is 0 Å². The molecule has 0 aromatic carbocycles. The van der Waals surface area contributed by atoms with E-state index in [9.17, 15) is 4.79 Å². The van der Waals surface area contributed by atoms with Gasteiger partial charge in [-0.15, -0.1) is 0 Å². The highest BCUT2D eigenvalue weighted by Gasteiger charge is 2.00. The Balaban J connectivity index is 3.66. The molecule has 0 aliphatic carbocycles. The Morgan fingerprint density at radius 2 is 1.94 bits per heavy atom. The van der Waals surface area contributed by atoms with Gasteiger partial charge in [-0.2, -0.15) is 0 Å². The number of hydrogen-bond acceptors (Lipinski definition) is 3. The fourth-order valence-electron chi connectivity index (χ4n) is 1.06. The van der Waals surface area contributed by atoms with Crippen LogP contribution in [-0.4, -0.2) is 63.0 Å². The van der Waals surface area contributed by atoms with E-state index in [-0.39, 0.29) is 11.9 Å². The van der Waals surface area contributed by atoms with Gasteiger partial charge in [-0.1, -0.05) is 6.08 Å². The van der Waals surface area contributed by atoms with Gasteiger partial charge in [0.1, 0.15) is 0 Å². The third-order valence-corrected chi connectivity index (χ3v) is 2.42. The standard InChI is InChI=1S/C12H25N3O/c1-11(15(4)5)7-8-12(16)13-9-6-10-14(2)3/h7-8,11H,6,9-10H2,1-5H3,(H,13,16)/b8-7+. The zero-order chi connectivity index (χ0) is 12.6. The molecule has 1 amide bonds. The molecule has 1 atom stereocenters. The molecule has 0 rings (SSSR count). The van der Waals surface area contributed by atoms with E-state index in [2.05, 4.69) is 22.0 Å². The zero-order valence-corrected chi connectivity index (χ0v) is 11.2. The minimum absolute atomic E-state index is 0.00699. The maximum absolute atomic E-state index is 11.4. The van der Waals surface area contributed by atoms with Gasteiger partial charge in [0.05, 0.1) is 0 Å². The Morgan fingerprint density at radius 3 is 2.44 bits per heavy atom. The van der Waals surface area contributed by atoms with Crippen molar-refractivity contribution in [2.45, 2.75) is 19.4 Å². The number of likely N-dealkylation sites (N-methyl/N-ethyl adjacent to an activating group) is 1. The van der Waals surface area contributed by atoms with Crippen LogP contribution in [0.15, 0.2) is 12.2 Å². The molecule has 0 radical (unpaired) electrons. The lowest BCUT2D eigenvalue weighted by Gasteiger charge is -2.15. The fraction of sp³-hybridized carbons (Fsp3) is 0.750. The quantitative estimate of drug-likeness (QED) is 0.510. The molecule has 0 aliphatic heterocycles. The highest BCUT2D eigenvalue weighted by atomic mass is 16.1. The molecule has 1 N–H and O–H groups in total. The van der Waals surface area contributed by atoms with Crippen LogP contribution in [0.5, 0.6) is 0 Å². The first-order valence-electron chi connectivity index (χ1n) is 5.70. The molecule has 0 heterocycles. The molecule has 0 aromatic heterocycles. The van der Waals surface area contributed by atoms with Crippen LogP contribution < -0.4 is 5.32 Å². The van der Waals surface area contributed by atoms with Gasteiger partial charge in [0.15, 0.2) is 0 Å². The Morgan fingerprint density at radius 1 is 1.31 bits per heavy atom.